The minimum absolute atomic E-state index is 0.246. The number of carbonyl (C=O) groups is 2. The maximum absolute atomic E-state index is 12.9. The monoisotopic (exact) mass is 375 g/mol. The van der Waals surface area contributed by atoms with E-state index in [1.54, 1.807) is 13.2 Å². The van der Waals surface area contributed by atoms with Gasteiger partial charge in [0.2, 0.25) is 0 Å². The van der Waals surface area contributed by atoms with Crippen LogP contribution in [0.4, 0.5) is 4.39 Å². The molecule has 0 bridgehead atoms. The van der Waals surface area contributed by atoms with Crippen molar-refractivity contribution in [3.8, 4) is 11.5 Å². The van der Waals surface area contributed by atoms with Gasteiger partial charge in [-0.3, -0.25) is 4.79 Å². The number of amides is 1. The average Bonchev–Trinajstić information content (AvgIpc) is 2.66. The van der Waals surface area contributed by atoms with Crippen LogP contribution >= 0.6 is 0 Å². The van der Waals surface area contributed by atoms with Gasteiger partial charge in [0, 0.05) is 12.1 Å². The Bertz CT molecular complexity index is 789. The van der Waals surface area contributed by atoms with Gasteiger partial charge in [-0.2, -0.15) is 0 Å². The van der Waals surface area contributed by atoms with Gasteiger partial charge in [-0.1, -0.05) is 18.2 Å². The van der Waals surface area contributed by atoms with Crippen molar-refractivity contribution in [3.05, 3.63) is 59.9 Å². The molecule has 0 atom stereocenters. The molecule has 0 saturated carbocycles. The Kier molecular flexibility index (Phi) is 6.76. The molecule has 0 saturated heterocycles. The van der Waals surface area contributed by atoms with Crippen molar-refractivity contribution in [1.82, 2.24) is 5.32 Å². The van der Waals surface area contributed by atoms with E-state index in [4.69, 9.17) is 14.2 Å². The molecule has 27 heavy (non-hydrogen) atoms. The van der Waals surface area contributed by atoms with E-state index < -0.39 is 29.9 Å². The molecule has 0 aliphatic carbocycles. The van der Waals surface area contributed by atoms with E-state index >= 15 is 0 Å². The van der Waals surface area contributed by atoms with Gasteiger partial charge >= 0.3 is 5.97 Å². The molecule has 1 N–H and O–H groups in total. The summed E-state index contributed by atoms with van der Waals surface area (Å²) in [6.45, 7) is 2.82. The predicted molar refractivity (Wildman–Crippen MR) is 96.9 cm³/mol. The highest BCUT2D eigenvalue weighted by Crippen LogP contribution is 2.20. The second-order valence-electron chi connectivity index (χ2n) is 6.23. The molecule has 0 radical (unpaired) electrons. The van der Waals surface area contributed by atoms with Crippen LogP contribution in [-0.2, 0) is 20.9 Å². The summed E-state index contributed by atoms with van der Waals surface area (Å²) in [4.78, 5) is 24.1. The van der Waals surface area contributed by atoms with Crippen LogP contribution in [0.5, 0.6) is 11.5 Å². The fraction of sp³-hybridized carbons (Fsp3) is 0.300. The minimum Gasteiger partial charge on any atom is -0.496 e. The van der Waals surface area contributed by atoms with Gasteiger partial charge in [0.05, 0.1) is 7.11 Å². The van der Waals surface area contributed by atoms with Gasteiger partial charge < -0.3 is 19.5 Å². The molecular formula is C20H22FNO5. The quantitative estimate of drug-likeness (QED) is 0.718. The van der Waals surface area contributed by atoms with E-state index in [9.17, 15) is 14.0 Å². The van der Waals surface area contributed by atoms with E-state index in [1.807, 2.05) is 18.2 Å². The van der Waals surface area contributed by atoms with Crippen molar-refractivity contribution in [2.75, 3.05) is 13.7 Å². The van der Waals surface area contributed by atoms with Gasteiger partial charge in [0.1, 0.15) is 17.3 Å². The molecule has 0 aliphatic heterocycles. The summed E-state index contributed by atoms with van der Waals surface area (Å²) in [6.07, 6.45) is 0. The Morgan fingerprint density at radius 1 is 1.07 bits per heavy atom. The van der Waals surface area contributed by atoms with Crippen molar-refractivity contribution in [2.45, 2.75) is 26.0 Å². The molecule has 1 amide bonds. The summed E-state index contributed by atoms with van der Waals surface area (Å²) in [5, 5.41) is 2.66. The number of esters is 1. The molecule has 0 fully saturated rings. The first-order valence-corrected chi connectivity index (χ1v) is 8.32. The van der Waals surface area contributed by atoms with Crippen LogP contribution in [0.25, 0.3) is 0 Å². The Labute approximate surface area is 157 Å². The molecule has 0 heterocycles. The number of para-hydroxylation sites is 1. The lowest BCUT2D eigenvalue weighted by Gasteiger charge is -2.24. The van der Waals surface area contributed by atoms with Crippen LogP contribution in [0.15, 0.2) is 48.5 Å². The largest absolute Gasteiger partial charge is 0.496 e. The number of rotatable bonds is 8. The maximum atomic E-state index is 12.9. The van der Waals surface area contributed by atoms with Gasteiger partial charge in [0.15, 0.2) is 12.2 Å². The molecule has 7 heteroatoms. The first kappa shape index (κ1) is 20.2. The summed E-state index contributed by atoms with van der Waals surface area (Å²) in [5.41, 5.74) is -0.527. The third-order valence-electron chi connectivity index (χ3n) is 3.68. The fourth-order valence-corrected chi connectivity index (χ4v) is 2.24. The zero-order valence-electron chi connectivity index (χ0n) is 15.5. The molecular weight excluding hydrogens is 353 g/mol. The number of nitrogens with one attached hydrogen (secondary N) is 1. The van der Waals surface area contributed by atoms with Crippen molar-refractivity contribution >= 4 is 11.9 Å². The molecule has 0 spiro atoms. The molecule has 6 nitrogen and oxygen atoms in total. The smallest absolute Gasteiger partial charge is 0.350 e. The number of hydrogen-bond acceptors (Lipinski definition) is 5. The third-order valence-corrected chi connectivity index (χ3v) is 3.68. The first-order chi connectivity index (χ1) is 12.8. The number of benzene rings is 2. The highest BCUT2D eigenvalue weighted by atomic mass is 19.1. The molecule has 2 aromatic rings. The number of methoxy groups -OCH3 is 1. The summed E-state index contributed by atoms with van der Waals surface area (Å²) < 4.78 is 28.7. The van der Waals surface area contributed by atoms with Crippen molar-refractivity contribution in [1.29, 1.82) is 0 Å². The van der Waals surface area contributed by atoms with E-state index in [1.165, 1.54) is 38.1 Å². The summed E-state index contributed by atoms with van der Waals surface area (Å²) in [5.74, 6) is -0.594. The summed E-state index contributed by atoms with van der Waals surface area (Å²) >= 11 is 0. The Hall–Kier alpha value is -3.09. The second-order valence-corrected chi connectivity index (χ2v) is 6.23. The third kappa shape index (κ3) is 5.99. The molecule has 0 unspecified atom stereocenters. The second kappa shape index (κ2) is 9.02. The van der Waals surface area contributed by atoms with E-state index in [-0.39, 0.29) is 6.54 Å². The highest BCUT2D eigenvalue weighted by Gasteiger charge is 2.32. The number of carbonyl (C=O) groups excluding carboxylic acids is 2. The van der Waals surface area contributed by atoms with Crippen LogP contribution in [0.1, 0.15) is 19.4 Å². The van der Waals surface area contributed by atoms with E-state index in [0.717, 1.165) is 5.56 Å². The summed E-state index contributed by atoms with van der Waals surface area (Å²) in [7, 11) is 1.55. The maximum Gasteiger partial charge on any atom is 0.350 e. The highest BCUT2D eigenvalue weighted by molar-refractivity contribution is 5.84. The van der Waals surface area contributed by atoms with Gasteiger partial charge in [-0.05, 0) is 44.2 Å². The van der Waals surface area contributed by atoms with Gasteiger partial charge in [-0.25, -0.2) is 9.18 Å². The molecule has 144 valence electrons. The van der Waals surface area contributed by atoms with Crippen LogP contribution in [-0.4, -0.2) is 31.2 Å². The van der Waals surface area contributed by atoms with E-state index in [0.29, 0.717) is 11.5 Å². The lowest BCUT2D eigenvalue weighted by Crippen LogP contribution is -2.41. The molecule has 0 aromatic heterocycles. The molecule has 2 aromatic carbocycles. The van der Waals surface area contributed by atoms with Crippen molar-refractivity contribution in [2.24, 2.45) is 0 Å². The lowest BCUT2D eigenvalue weighted by atomic mass is 10.1. The summed E-state index contributed by atoms with van der Waals surface area (Å²) in [6, 6.07) is 12.5. The average molecular weight is 375 g/mol. The Balaban J connectivity index is 1.82. The minimum atomic E-state index is -1.33. The van der Waals surface area contributed by atoms with Crippen molar-refractivity contribution < 1.29 is 28.2 Å². The van der Waals surface area contributed by atoms with Crippen LogP contribution < -0.4 is 14.8 Å². The zero-order chi connectivity index (χ0) is 19.9. The van der Waals surface area contributed by atoms with Crippen LogP contribution in [0.3, 0.4) is 0 Å². The molecule has 2 rings (SSSR count). The normalized spacial score (nSPS) is 10.8. The molecule has 0 aliphatic rings. The first-order valence-electron chi connectivity index (χ1n) is 8.32. The standard InChI is InChI=1S/C20H22FNO5/c1-20(2,27-16-10-8-15(21)9-11-16)19(24)26-13-18(23)22-12-14-6-4-5-7-17(14)25-3/h4-11H,12-13H2,1-3H3,(H,22,23). The lowest BCUT2D eigenvalue weighted by molar-refractivity contribution is -0.162. The predicted octanol–water partition coefficient (Wildman–Crippen LogP) is 2.85. The van der Waals surface area contributed by atoms with Crippen molar-refractivity contribution in [3.63, 3.8) is 0 Å². The van der Waals surface area contributed by atoms with Crippen LogP contribution in [0.2, 0.25) is 0 Å². The Morgan fingerprint density at radius 2 is 1.74 bits per heavy atom. The van der Waals surface area contributed by atoms with Crippen LogP contribution in [0, 0.1) is 5.82 Å². The number of halogens is 1. The van der Waals surface area contributed by atoms with Gasteiger partial charge in [0.25, 0.3) is 5.91 Å². The van der Waals surface area contributed by atoms with E-state index in [2.05, 4.69) is 5.32 Å². The zero-order valence-corrected chi connectivity index (χ0v) is 15.5. The number of hydrogen-bond donors (Lipinski definition) is 1. The topological polar surface area (TPSA) is 73.9 Å². The van der Waals surface area contributed by atoms with Gasteiger partial charge in [-0.15, -0.1) is 0 Å². The Morgan fingerprint density at radius 3 is 2.41 bits per heavy atom. The SMILES string of the molecule is COc1ccccc1CNC(=O)COC(=O)C(C)(C)Oc1ccc(F)cc1. The number of ether oxygens (including phenoxy) is 3. The fourth-order valence-electron chi connectivity index (χ4n) is 2.24.